The van der Waals surface area contributed by atoms with Gasteiger partial charge in [0.2, 0.25) is 5.91 Å². The first kappa shape index (κ1) is 14.6. The fourth-order valence-corrected chi connectivity index (χ4v) is 2.65. The summed E-state index contributed by atoms with van der Waals surface area (Å²) in [5, 5.41) is 6.39. The second-order valence-corrected chi connectivity index (χ2v) is 6.20. The molecular formula is C19H21NO2. The Kier molecular flexibility index (Phi) is 3.88. The average molecular weight is 295 g/mol. The lowest BCUT2D eigenvalue weighted by Crippen LogP contribution is -2.36. The summed E-state index contributed by atoms with van der Waals surface area (Å²) >= 11 is 0. The molecule has 3 rings (SSSR count). The van der Waals surface area contributed by atoms with Crippen LogP contribution in [0.1, 0.15) is 26.3 Å². The molecule has 1 amide bonds. The minimum atomic E-state index is 0.0387. The molecule has 0 aliphatic heterocycles. The molecule has 0 saturated carbocycles. The number of furan rings is 1. The Labute approximate surface area is 130 Å². The maximum Gasteiger partial charge on any atom is 0.224 e. The Morgan fingerprint density at radius 3 is 2.68 bits per heavy atom. The summed E-state index contributed by atoms with van der Waals surface area (Å²) in [7, 11) is 0. The van der Waals surface area contributed by atoms with Crippen LogP contribution in [0.15, 0.2) is 47.1 Å². The first-order chi connectivity index (χ1) is 10.6. The van der Waals surface area contributed by atoms with Crippen LogP contribution in [0.2, 0.25) is 0 Å². The smallest absolute Gasteiger partial charge is 0.224 e. The lowest BCUT2D eigenvalue weighted by Gasteiger charge is -2.17. The first-order valence-corrected chi connectivity index (χ1v) is 7.73. The predicted molar refractivity (Wildman–Crippen MR) is 89.9 cm³/mol. The molecule has 0 aliphatic rings. The number of hydrogen-bond acceptors (Lipinski definition) is 2. The topological polar surface area (TPSA) is 42.2 Å². The summed E-state index contributed by atoms with van der Waals surface area (Å²) in [5.41, 5.74) is 1.78. The first-order valence-electron chi connectivity index (χ1n) is 7.73. The molecule has 2 aromatic carbocycles. The van der Waals surface area contributed by atoms with Crippen molar-refractivity contribution in [1.29, 1.82) is 0 Å². The molecule has 0 fully saturated rings. The maximum absolute atomic E-state index is 12.3. The van der Waals surface area contributed by atoms with E-state index in [2.05, 4.69) is 31.3 Å². The van der Waals surface area contributed by atoms with E-state index in [0.717, 1.165) is 27.3 Å². The molecule has 0 spiro atoms. The lowest BCUT2D eigenvalue weighted by molar-refractivity contribution is -0.121. The molecule has 3 aromatic rings. The largest absolute Gasteiger partial charge is 0.464 e. The molecule has 1 N–H and O–H groups in total. The van der Waals surface area contributed by atoms with Crippen molar-refractivity contribution in [2.24, 2.45) is 5.92 Å². The molecule has 1 heterocycles. The highest BCUT2D eigenvalue weighted by Gasteiger charge is 2.15. The average Bonchev–Trinajstić information content (AvgIpc) is 2.90. The van der Waals surface area contributed by atoms with Crippen LogP contribution < -0.4 is 5.32 Å². The van der Waals surface area contributed by atoms with Gasteiger partial charge in [-0.15, -0.1) is 0 Å². The van der Waals surface area contributed by atoms with Crippen LogP contribution >= 0.6 is 0 Å². The number of fused-ring (bicyclic) bond motifs is 3. The van der Waals surface area contributed by atoms with Gasteiger partial charge >= 0.3 is 0 Å². The third-order valence-electron chi connectivity index (χ3n) is 4.28. The van der Waals surface area contributed by atoms with Crippen LogP contribution in [-0.2, 0) is 11.2 Å². The normalized spacial score (nSPS) is 12.9. The van der Waals surface area contributed by atoms with Crippen molar-refractivity contribution in [3.8, 4) is 0 Å². The number of carbonyl (C=O) groups excluding carboxylic acids is 1. The molecule has 1 atom stereocenters. The molecule has 3 nitrogen and oxygen atoms in total. The number of hydrogen-bond donors (Lipinski definition) is 1. The minimum absolute atomic E-state index is 0.0387. The van der Waals surface area contributed by atoms with Crippen LogP contribution in [-0.4, -0.2) is 11.9 Å². The monoisotopic (exact) mass is 295 g/mol. The summed E-state index contributed by atoms with van der Waals surface area (Å²) in [6.45, 7) is 6.24. The molecule has 0 saturated heterocycles. The zero-order valence-corrected chi connectivity index (χ0v) is 13.2. The van der Waals surface area contributed by atoms with Crippen molar-refractivity contribution in [3.63, 3.8) is 0 Å². The Morgan fingerprint density at radius 2 is 1.91 bits per heavy atom. The zero-order valence-electron chi connectivity index (χ0n) is 13.2. The summed E-state index contributed by atoms with van der Waals surface area (Å²) < 4.78 is 5.63. The minimum Gasteiger partial charge on any atom is -0.464 e. The van der Waals surface area contributed by atoms with Gasteiger partial charge in [0.15, 0.2) is 0 Å². The van der Waals surface area contributed by atoms with Gasteiger partial charge in [0.25, 0.3) is 0 Å². The van der Waals surface area contributed by atoms with Crippen LogP contribution in [0.4, 0.5) is 0 Å². The standard InChI is InChI=1S/C19H21NO2/c1-12(2)13(3)20-18(21)10-15-11-22-17-9-8-14-6-4-5-7-16(14)19(15)17/h4-9,11-13H,10H2,1-3H3,(H,20,21)/t13-/m0/s1. The fourth-order valence-electron chi connectivity index (χ4n) is 2.65. The molecule has 0 radical (unpaired) electrons. The van der Waals surface area contributed by atoms with Crippen molar-refractivity contribution in [2.45, 2.75) is 33.2 Å². The van der Waals surface area contributed by atoms with Gasteiger partial charge in [0.05, 0.1) is 12.7 Å². The van der Waals surface area contributed by atoms with Crippen LogP contribution in [0, 0.1) is 5.92 Å². The van der Waals surface area contributed by atoms with Gasteiger partial charge in [-0.1, -0.05) is 44.2 Å². The van der Waals surface area contributed by atoms with E-state index in [9.17, 15) is 4.79 Å². The summed E-state index contributed by atoms with van der Waals surface area (Å²) in [5.74, 6) is 0.461. The molecule has 22 heavy (non-hydrogen) atoms. The van der Waals surface area contributed by atoms with E-state index in [-0.39, 0.29) is 11.9 Å². The van der Waals surface area contributed by atoms with Gasteiger partial charge < -0.3 is 9.73 Å². The third-order valence-corrected chi connectivity index (χ3v) is 4.28. The Hall–Kier alpha value is -2.29. The van der Waals surface area contributed by atoms with E-state index in [1.165, 1.54) is 0 Å². The van der Waals surface area contributed by atoms with Gasteiger partial charge in [0.1, 0.15) is 5.58 Å². The quantitative estimate of drug-likeness (QED) is 0.780. The van der Waals surface area contributed by atoms with Crippen molar-refractivity contribution in [1.82, 2.24) is 5.32 Å². The second kappa shape index (κ2) is 5.84. The fraction of sp³-hybridized carbons (Fsp3) is 0.316. The second-order valence-electron chi connectivity index (χ2n) is 6.20. The van der Waals surface area contributed by atoms with E-state index in [0.29, 0.717) is 12.3 Å². The van der Waals surface area contributed by atoms with Crippen molar-refractivity contribution in [2.75, 3.05) is 0 Å². The van der Waals surface area contributed by atoms with E-state index in [4.69, 9.17) is 4.42 Å². The van der Waals surface area contributed by atoms with E-state index >= 15 is 0 Å². The Morgan fingerprint density at radius 1 is 1.14 bits per heavy atom. The zero-order chi connectivity index (χ0) is 15.7. The molecule has 0 unspecified atom stereocenters. The predicted octanol–water partition coefficient (Wildman–Crippen LogP) is 4.29. The summed E-state index contributed by atoms with van der Waals surface area (Å²) in [6.07, 6.45) is 2.05. The molecule has 3 heteroatoms. The maximum atomic E-state index is 12.3. The van der Waals surface area contributed by atoms with Gasteiger partial charge in [-0.3, -0.25) is 4.79 Å². The highest BCUT2D eigenvalue weighted by Crippen LogP contribution is 2.30. The van der Waals surface area contributed by atoms with Crippen molar-refractivity contribution >= 4 is 27.6 Å². The molecular weight excluding hydrogens is 274 g/mol. The number of carbonyl (C=O) groups is 1. The van der Waals surface area contributed by atoms with Gasteiger partial charge in [-0.2, -0.15) is 0 Å². The van der Waals surface area contributed by atoms with Crippen molar-refractivity contribution in [3.05, 3.63) is 48.2 Å². The lowest BCUT2D eigenvalue weighted by atomic mass is 10.0. The highest BCUT2D eigenvalue weighted by atomic mass is 16.3. The van der Waals surface area contributed by atoms with Crippen LogP contribution in [0.25, 0.3) is 21.7 Å². The molecule has 1 aromatic heterocycles. The van der Waals surface area contributed by atoms with Gasteiger partial charge in [-0.05, 0) is 29.7 Å². The molecule has 0 aliphatic carbocycles. The van der Waals surface area contributed by atoms with E-state index in [1.807, 2.05) is 31.2 Å². The Balaban J connectivity index is 1.94. The molecule has 0 bridgehead atoms. The van der Waals surface area contributed by atoms with E-state index in [1.54, 1.807) is 6.26 Å². The van der Waals surface area contributed by atoms with Crippen molar-refractivity contribution < 1.29 is 9.21 Å². The Bertz CT molecular complexity index is 817. The van der Waals surface area contributed by atoms with Crippen LogP contribution in [0.5, 0.6) is 0 Å². The number of rotatable bonds is 4. The number of amides is 1. The van der Waals surface area contributed by atoms with Gasteiger partial charge in [0, 0.05) is 17.0 Å². The van der Waals surface area contributed by atoms with Crippen LogP contribution in [0.3, 0.4) is 0 Å². The third kappa shape index (κ3) is 2.71. The number of nitrogens with one attached hydrogen (secondary N) is 1. The molecule has 114 valence electrons. The number of benzene rings is 2. The summed E-state index contributed by atoms with van der Waals surface area (Å²) in [6, 6.07) is 12.4. The van der Waals surface area contributed by atoms with Gasteiger partial charge in [-0.25, -0.2) is 0 Å². The summed E-state index contributed by atoms with van der Waals surface area (Å²) in [4.78, 5) is 12.3. The highest BCUT2D eigenvalue weighted by molar-refractivity contribution is 6.08. The SMILES string of the molecule is CC(C)[C@H](C)NC(=O)Cc1coc2ccc3ccccc3c12. The van der Waals surface area contributed by atoms with E-state index < -0.39 is 0 Å².